The van der Waals surface area contributed by atoms with Crippen molar-refractivity contribution in [1.29, 1.82) is 0 Å². The number of amides is 2. The van der Waals surface area contributed by atoms with Crippen molar-refractivity contribution < 1.29 is 9.59 Å². The van der Waals surface area contributed by atoms with Gasteiger partial charge in [-0.2, -0.15) is 0 Å². The molecule has 22 heavy (non-hydrogen) atoms. The number of pyridine rings is 1. The third kappa shape index (κ3) is 5.44. The molecular formula is C16H24N4O2. The summed E-state index contributed by atoms with van der Waals surface area (Å²) in [5.74, 6) is 0.0660. The first-order valence-corrected chi connectivity index (χ1v) is 7.89. The highest BCUT2D eigenvalue weighted by Gasteiger charge is 2.10. The molecule has 1 saturated heterocycles. The molecule has 2 rings (SSSR count). The zero-order valence-corrected chi connectivity index (χ0v) is 13.1. The maximum Gasteiger partial charge on any atom is 0.251 e. The number of carbonyl (C=O) groups is 2. The van der Waals surface area contributed by atoms with Crippen LogP contribution < -0.4 is 10.6 Å². The summed E-state index contributed by atoms with van der Waals surface area (Å²) in [6.45, 7) is 5.64. The van der Waals surface area contributed by atoms with Crippen molar-refractivity contribution >= 4 is 17.6 Å². The molecule has 1 aliphatic heterocycles. The minimum atomic E-state index is -0.202. The van der Waals surface area contributed by atoms with Crippen LogP contribution in [0.15, 0.2) is 18.3 Å². The van der Waals surface area contributed by atoms with Gasteiger partial charge in [0.2, 0.25) is 5.91 Å². The van der Waals surface area contributed by atoms with Gasteiger partial charge in [0.15, 0.2) is 0 Å². The summed E-state index contributed by atoms with van der Waals surface area (Å²) in [7, 11) is 0. The molecule has 2 N–H and O–H groups in total. The van der Waals surface area contributed by atoms with Crippen LogP contribution in [0.3, 0.4) is 0 Å². The third-order valence-corrected chi connectivity index (χ3v) is 3.71. The lowest BCUT2D eigenvalue weighted by Crippen LogP contribution is -2.26. The largest absolute Gasteiger partial charge is 0.352 e. The summed E-state index contributed by atoms with van der Waals surface area (Å²) in [6, 6.07) is 3.23. The van der Waals surface area contributed by atoms with Gasteiger partial charge in [-0.1, -0.05) is 0 Å². The van der Waals surface area contributed by atoms with Crippen LogP contribution in [0.4, 0.5) is 5.82 Å². The standard InChI is InChI=1S/C16H24N4O2/c1-13(21)19-15-12-14(6-8-17-15)16(22)18-7-2-3-9-20-10-4-5-11-20/h6,8,12H,2-5,7,9-11H2,1H3,(H,18,22)(H,17,19,21). The van der Waals surface area contributed by atoms with Crippen molar-refractivity contribution in [2.45, 2.75) is 32.6 Å². The zero-order valence-electron chi connectivity index (χ0n) is 13.1. The Morgan fingerprint density at radius 1 is 1.27 bits per heavy atom. The molecule has 0 bridgehead atoms. The fraction of sp³-hybridized carbons (Fsp3) is 0.562. The van der Waals surface area contributed by atoms with Crippen LogP contribution in [-0.4, -0.2) is 47.9 Å². The summed E-state index contributed by atoms with van der Waals surface area (Å²) < 4.78 is 0. The highest BCUT2D eigenvalue weighted by atomic mass is 16.2. The predicted molar refractivity (Wildman–Crippen MR) is 85.8 cm³/mol. The van der Waals surface area contributed by atoms with E-state index in [9.17, 15) is 9.59 Å². The van der Waals surface area contributed by atoms with Crippen molar-refractivity contribution in [2.75, 3.05) is 31.5 Å². The van der Waals surface area contributed by atoms with E-state index in [4.69, 9.17) is 0 Å². The van der Waals surface area contributed by atoms with Gasteiger partial charge in [-0.05, 0) is 57.5 Å². The average Bonchev–Trinajstić information content (AvgIpc) is 2.99. The fourth-order valence-corrected chi connectivity index (χ4v) is 2.59. The number of nitrogens with zero attached hydrogens (tertiary/aromatic N) is 2. The summed E-state index contributed by atoms with van der Waals surface area (Å²) >= 11 is 0. The topological polar surface area (TPSA) is 74.3 Å². The van der Waals surface area contributed by atoms with Gasteiger partial charge in [-0.25, -0.2) is 4.98 Å². The van der Waals surface area contributed by atoms with Crippen LogP contribution >= 0.6 is 0 Å². The maximum absolute atomic E-state index is 12.0. The number of aromatic nitrogens is 1. The van der Waals surface area contributed by atoms with Gasteiger partial charge in [-0.15, -0.1) is 0 Å². The van der Waals surface area contributed by atoms with Crippen molar-refractivity contribution in [2.24, 2.45) is 0 Å². The van der Waals surface area contributed by atoms with Crippen LogP contribution in [0.5, 0.6) is 0 Å². The highest BCUT2D eigenvalue weighted by molar-refractivity contribution is 5.96. The zero-order chi connectivity index (χ0) is 15.8. The summed E-state index contributed by atoms with van der Waals surface area (Å²) in [4.78, 5) is 29.5. The van der Waals surface area contributed by atoms with Crippen LogP contribution in [0.2, 0.25) is 0 Å². The summed E-state index contributed by atoms with van der Waals surface area (Å²) in [5.41, 5.74) is 0.512. The molecule has 6 nitrogen and oxygen atoms in total. The number of nitrogens with one attached hydrogen (secondary N) is 2. The fourth-order valence-electron chi connectivity index (χ4n) is 2.59. The lowest BCUT2D eigenvalue weighted by atomic mass is 10.2. The second kappa shape index (κ2) is 8.48. The first-order chi connectivity index (χ1) is 10.6. The maximum atomic E-state index is 12.0. The SMILES string of the molecule is CC(=O)Nc1cc(C(=O)NCCCCN2CCCC2)ccn1. The van der Waals surface area contributed by atoms with Crippen molar-refractivity contribution in [1.82, 2.24) is 15.2 Å². The van der Waals surface area contributed by atoms with Crippen LogP contribution in [0, 0.1) is 0 Å². The minimum absolute atomic E-state index is 0.129. The van der Waals surface area contributed by atoms with Gasteiger partial charge < -0.3 is 15.5 Å². The van der Waals surface area contributed by atoms with E-state index in [1.807, 2.05) is 0 Å². The Kier molecular flexibility index (Phi) is 6.33. The molecule has 0 radical (unpaired) electrons. The molecular weight excluding hydrogens is 280 g/mol. The minimum Gasteiger partial charge on any atom is -0.352 e. The normalized spacial score (nSPS) is 14.8. The highest BCUT2D eigenvalue weighted by Crippen LogP contribution is 2.09. The Morgan fingerprint density at radius 3 is 2.77 bits per heavy atom. The molecule has 1 aliphatic rings. The molecule has 1 aromatic heterocycles. The predicted octanol–water partition coefficient (Wildman–Crippen LogP) is 1.65. The monoisotopic (exact) mass is 304 g/mol. The van der Waals surface area contributed by atoms with E-state index < -0.39 is 0 Å². The molecule has 0 spiro atoms. The van der Waals surface area contributed by atoms with Gasteiger partial charge >= 0.3 is 0 Å². The number of anilines is 1. The van der Waals surface area contributed by atoms with Crippen LogP contribution in [0.25, 0.3) is 0 Å². The number of hydrogen-bond donors (Lipinski definition) is 2. The molecule has 0 aliphatic carbocycles. The first-order valence-electron chi connectivity index (χ1n) is 7.89. The van der Waals surface area contributed by atoms with Gasteiger partial charge in [-0.3, -0.25) is 9.59 Å². The second-order valence-corrected chi connectivity index (χ2v) is 5.62. The molecule has 0 atom stereocenters. The van der Waals surface area contributed by atoms with Gasteiger partial charge in [0.1, 0.15) is 5.82 Å². The molecule has 120 valence electrons. The lowest BCUT2D eigenvalue weighted by molar-refractivity contribution is -0.114. The third-order valence-electron chi connectivity index (χ3n) is 3.71. The van der Waals surface area contributed by atoms with E-state index in [0.717, 1.165) is 19.4 Å². The van der Waals surface area contributed by atoms with E-state index in [-0.39, 0.29) is 11.8 Å². The molecule has 6 heteroatoms. The molecule has 0 unspecified atom stereocenters. The smallest absolute Gasteiger partial charge is 0.251 e. The number of likely N-dealkylation sites (tertiary alicyclic amines) is 1. The molecule has 0 aromatic carbocycles. The molecule has 2 amide bonds. The van der Waals surface area contributed by atoms with Gasteiger partial charge in [0, 0.05) is 25.2 Å². The molecule has 2 heterocycles. The summed E-state index contributed by atoms with van der Waals surface area (Å²) in [6.07, 6.45) is 6.23. The first kappa shape index (κ1) is 16.4. The Labute approximate surface area is 131 Å². The van der Waals surface area contributed by atoms with E-state index in [2.05, 4.69) is 20.5 Å². The number of rotatable bonds is 7. The van der Waals surface area contributed by atoms with Crippen LogP contribution in [0.1, 0.15) is 43.0 Å². The van der Waals surface area contributed by atoms with Gasteiger partial charge in [0.25, 0.3) is 5.91 Å². The van der Waals surface area contributed by atoms with E-state index in [0.29, 0.717) is 17.9 Å². The quantitative estimate of drug-likeness (QED) is 0.751. The van der Waals surface area contributed by atoms with Crippen molar-refractivity contribution in [3.8, 4) is 0 Å². The number of hydrogen-bond acceptors (Lipinski definition) is 4. The van der Waals surface area contributed by atoms with Crippen molar-refractivity contribution in [3.63, 3.8) is 0 Å². The molecule has 0 saturated carbocycles. The average molecular weight is 304 g/mol. The Morgan fingerprint density at radius 2 is 2.05 bits per heavy atom. The number of unbranched alkanes of at least 4 members (excludes halogenated alkanes) is 1. The van der Waals surface area contributed by atoms with Crippen LogP contribution in [-0.2, 0) is 4.79 Å². The number of carbonyl (C=O) groups excluding carboxylic acids is 2. The molecule has 1 aromatic rings. The Balaban J connectivity index is 1.69. The van der Waals surface area contributed by atoms with E-state index in [1.165, 1.54) is 39.1 Å². The van der Waals surface area contributed by atoms with Crippen molar-refractivity contribution in [3.05, 3.63) is 23.9 Å². The van der Waals surface area contributed by atoms with E-state index in [1.54, 1.807) is 12.1 Å². The second-order valence-electron chi connectivity index (χ2n) is 5.62. The summed E-state index contributed by atoms with van der Waals surface area (Å²) in [5, 5.41) is 5.48. The lowest BCUT2D eigenvalue weighted by Gasteiger charge is -2.14. The Hall–Kier alpha value is -1.95. The Bertz CT molecular complexity index is 513. The molecule has 1 fully saturated rings. The van der Waals surface area contributed by atoms with Gasteiger partial charge in [0.05, 0.1) is 0 Å². The van der Waals surface area contributed by atoms with E-state index >= 15 is 0 Å².